The lowest BCUT2D eigenvalue weighted by Crippen LogP contribution is -2.18. The molecule has 0 amide bonds. The molecule has 0 saturated carbocycles. The fourth-order valence-electron chi connectivity index (χ4n) is 2.87. The molecular formula is C19H16F4N2O2. The minimum atomic E-state index is -4.27. The van der Waals surface area contributed by atoms with Crippen molar-refractivity contribution in [2.75, 3.05) is 7.11 Å². The standard InChI is InChI=1S/C19H16F4N2O2/c1-27-16-11-12(20)7-8-14(16)17-18(26)13-5-2-3-6-15(13)25(24-17)10-4-9-19(21,22)23/h2-3,5-8,11H,4,9-10H2,1H3. The molecule has 1 aromatic heterocycles. The number of aromatic nitrogens is 2. The Labute approximate surface area is 152 Å². The van der Waals surface area contributed by atoms with Gasteiger partial charge in [-0.25, -0.2) is 4.39 Å². The van der Waals surface area contributed by atoms with Gasteiger partial charge in [0, 0.05) is 30.0 Å². The first-order valence-corrected chi connectivity index (χ1v) is 8.20. The van der Waals surface area contributed by atoms with Gasteiger partial charge in [-0.15, -0.1) is 0 Å². The fourth-order valence-corrected chi connectivity index (χ4v) is 2.87. The van der Waals surface area contributed by atoms with Crippen molar-refractivity contribution in [3.05, 3.63) is 58.5 Å². The molecule has 8 heteroatoms. The number of methoxy groups -OCH3 is 1. The number of fused-ring (bicyclic) bond motifs is 1. The molecule has 1 heterocycles. The van der Waals surface area contributed by atoms with E-state index in [4.69, 9.17) is 4.74 Å². The summed E-state index contributed by atoms with van der Waals surface area (Å²) in [4.78, 5) is 12.9. The van der Waals surface area contributed by atoms with Crippen LogP contribution in [0.3, 0.4) is 0 Å². The summed E-state index contributed by atoms with van der Waals surface area (Å²) in [6.07, 6.45) is -5.40. The van der Waals surface area contributed by atoms with Gasteiger partial charge < -0.3 is 4.74 Å². The van der Waals surface area contributed by atoms with Crippen molar-refractivity contribution in [2.24, 2.45) is 0 Å². The van der Waals surface area contributed by atoms with E-state index >= 15 is 0 Å². The molecule has 0 aliphatic heterocycles. The molecule has 0 saturated heterocycles. The average Bonchev–Trinajstić information content (AvgIpc) is 2.63. The Bertz CT molecular complexity index is 1030. The van der Waals surface area contributed by atoms with Gasteiger partial charge in [-0.1, -0.05) is 12.1 Å². The van der Waals surface area contributed by atoms with Crippen molar-refractivity contribution in [2.45, 2.75) is 25.6 Å². The molecule has 0 aliphatic rings. The van der Waals surface area contributed by atoms with E-state index in [1.54, 1.807) is 24.3 Å². The summed E-state index contributed by atoms with van der Waals surface area (Å²) in [5.41, 5.74) is 0.314. The van der Waals surface area contributed by atoms with Crippen molar-refractivity contribution < 1.29 is 22.3 Å². The molecule has 27 heavy (non-hydrogen) atoms. The van der Waals surface area contributed by atoms with Crippen LogP contribution in [0.5, 0.6) is 5.75 Å². The lowest BCUT2D eigenvalue weighted by atomic mass is 10.1. The van der Waals surface area contributed by atoms with E-state index < -0.39 is 23.8 Å². The van der Waals surface area contributed by atoms with E-state index in [0.717, 1.165) is 6.07 Å². The van der Waals surface area contributed by atoms with Gasteiger partial charge in [0.25, 0.3) is 0 Å². The van der Waals surface area contributed by atoms with Gasteiger partial charge in [-0.05, 0) is 30.7 Å². The quantitative estimate of drug-likeness (QED) is 0.610. The van der Waals surface area contributed by atoms with Gasteiger partial charge in [0.15, 0.2) is 0 Å². The highest BCUT2D eigenvalue weighted by Gasteiger charge is 2.26. The minimum Gasteiger partial charge on any atom is -0.496 e. The first-order chi connectivity index (χ1) is 12.8. The first-order valence-electron chi connectivity index (χ1n) is 8.20. The average molecular weight is 380 g/mol. The van der Waals surface area contributed by atoms with Crippen molar-refractivity contribution in [3.63, 3.8) is 0 Å². The zero-order chi connectivity index (χ0) is 19.6. The lowest BCUT2D eigenvalue weighted by Gasteiger charge is -2.14. The van der Waals surface area contributed by atoms with E-state index in [-0.39, 0.29) is 30.0 Å². The van der Waals surface area contributed by atoms with Gasteiger partial charge in [-0.3, -0.25) is 9.48 Å². The van der Waals surface area contributed by atoms with E-state index in [1.165, 1.54) is 23.9 Å². The SMILES string of the molecule is COc1cc(F)ccc1-c1nn(CCCC(F)(F)F)c2ccccc2c1=O. The maximum Gasteiger partial charge on any atom is 0.389 e. The van der Waals surface area contributed by atoms with Crippen LogP contribution in [0.1, 0.15) is 12.8 Å². The van der Waals surface area contributed by atoms with E-state index in [9.17, 15) is 22.4 Å². The van der Waals surface area contributed by atoms with Gasteiger partial charge in [-0.2, -0.15) is 18.3 Å². The van der Waals surface area contributed by atoms with Crippen LogP contribution in [0.25, 0.3) is 22.2 Å². The molecule has 0 spiro atoms. The Morgan fingerprint density at radius 1 is 1.15 bits per heavy atom. The van der Waals surface area contributed by atoms with Crippen LogP contribution >= 0.6 is 0 Å². The Balaban J connectivity index is 2.14. The van der Waals surface area contributed by atoms with Crippen molar-refractivity contribution in [1.82, 2.24) is 9.78 Å². The van der Waals surface area contributed by atoms with Crippen LogP contribution < -0.4 is 10.2 Å². The number of para-hydroxylation sites is 1. The smallest absolute Gasteiger partial charge is 0.389 e. The van der Waals surface area contributed by atoms with Crippen LogP contribution in [0.2, 0.25) is 0 Å². The molecular weight excluding hydrogens is 364 g/mol. The van der Waals surface area contributed by atoms with Crippen molar-refractivity contribution in [1.29, 1.82) is 0 Å². The highest BCUT2D eigenvalue weighted by molar-refractivity contribution is 5.83. The van der Waals surface area contributed by atoms with Gasteiger partial charge in [0.05, 0.1) is 12.6 Å². The summed E-state index contributed by atoms with van der Waals surface area (Å²) < 4.78 is 57.4. The lowest BCUT2D eigenvalue weighted by molar-refractivity contribution is -0.135. The highest BCUT2D eigenvalue weighted by atomic mass is 19.4. The number of aryl methyl sites for hydroxylation is 1. The molecule has 0 atom stereocenters. The van der Waals surface area contributed by atoms with Gasteiger partial charge >= 0.3 is 6.18 Å². The van der Waals surface area contributed by atoms with Crippen molar-refractivity contribution >= 4 is 10.9 Å². The normalized spacial score (nSPS) is 11.7. The number of ether oxygens (including phenoxy) is 1. The summed E-state index contributed by atoms with van der Waals surface area (Å²) in [6, 6.07) is 10.2. The number of hydrogen-bond donors (Lipinski definition) is 0. The first kappa shape index (κ1) is 18.9. The molecule has 0 N–H and O–H groups in total. The van der Waals surface area contributed by atoms with Crippen molar-refractivity contribution in [3.8, 4) is 17.0 Å². The monoisotopic (exact) mass is 380 g/mol. The zero-order valence-electron chi connectivity index (χ0n) is 14.4. The summed E-state index contributed by atoms with van der Waals surface area (Å²) in [5, 5.41) is 4.58. The van der Waals surface area contributed by atoms with Crippen LogP contribution in [0, 0.1) is 5.82 Å². The van der Waals surface area contributed by atoms with Crippen LogP contribution in [-0.2, 0) is 6.54 Å². The Morgan fingerprint density at radius 3 is 2.59 bits per heavy atom. The fraction of sp³-hybridized carbons (Fsp3) is 0.263. The molecule has 2 aromatic carbocycles. The summed E-state index contributed by atoms with van der Waals surface area (Å²) >= 11 is 0. The van der Waals surface area contributed by atoms with Gasteiger partial charge in [0.1, 0.15) is 17.3 Å². The topological polar surface area (TPSA) is 44.1 Å². The molecule has 0 radical (unpaired) electrons. The van der Waals surface area contributed by atoms with E-state index in [2.05, 4.69) is 5.10 Å². The Hall–Kier alpha value is -2.90. The maximum atomic E-state index is 13.5. The molecule has 0 fully saturated rings. The Kier molecular flexibility index (Phi) is 5.16. The zero-order valence-corrected chi connectivity index (χ0v) is 14.4. The number of rotatable bonds is 5. The molecule has 0 aliphatic carbocycles. The minimum absolute atomic E-state index is 0.00226. The molecule has 3 rings (SSSR count). The number of alkyl halides is 3. The van der Waals surface area contributed by atoms with Gasteiger partial charge in [0.2, 0.25) is 5.43 Å². The van der Waals surface area contributed by atoms with E-state index in [1.807, 2.05) is 0 Å². The molecule has 0 bridgehead atoms. The number of hydrogen-bond acceptors (Lipinski definition) is 3. The maximum absolute atomic E-state index is 13.5. The molecule has 4 nitrogen and oxygen atoms in total. The summed E-state index contributed by atoms with van der Waals surface area (Å²) in [5.74, 6) is -0.418. The second kappa shape index (κ2) is 7.38. The second-order valence-corrected chi connectivity index (χ2v) is 5.98. The third kappa shape index (κ3) is 4.10. The molecule has 142 valence electrons. The summed E-state index contributed by atoms with van der Waals surface area (Å²) in [7, 11) is 1.33. The number of halogens is 4. The largest absolute Gasteiger partial charge is 0.496 e. The molecule has 0 unspecified atom stereocenters. The van der Waals surface area contributed by atoms with Crippen LogP contribution in [0.15, 0.2) is 47.3 Å². The number of nitrogens with zero attached hydrogens (tertiary/aromatic N) is 2. The summed E-state index contributed by atoms with van der Waals surface area (Å²) in [6.45, 7) is -0.0171. The third-order valence-electron chi connectivity index (χ3n) is 4.11. The van der Waals surface area contributed by atoms with E-state index in [0.29, 0.717) is 10.9 Å². The predicted molar refractivity (Wildman–Crippen MR) is 93.2 cm³/mol. The third-order valence-corrected chi connectivity index (χ3v) is 4.11. The Morgan fingerprint density at radius 2 is 1.89 bits per heavy atom. The number of benzene rings is 2. The highest BCUT2D eigenvalue weighted by Crippen LogP contribution is 2.28. The second-order valence-electron chi connectivity index (χ2n) is 5.98. The van der Waals surface area contributed by atoms with Crippen LogP contribution in [0.4, 0.5) is 17.6 Å². The molecule has 3 aromatic rings. The van der Waals surface area contributed by atoms with Crippen LogP contribution in [-0.4, -0.2) is 23.1 Å². The predicted octanol–water partition coefficient (Wildman–Crippen LogP) is 4.55.